The van der Waals surface area contributed by atoms with Gasteiger partial charge in [0.2, 0.25) is 0 Å². The summed E-state index contributed by atoms with van der Waals surface area (Å²) in [6.45, 7) is 6.04. The molecule has 4 heterocycles. The van der Waals surface area contributed by atoms with Gasteiger partial charge in [0.1, 0.15) is 11.3 Å². The largest absolute Gasteiger partial charge is 0.381 e. The first-order valence-electron chi connectivity index (χ1n) is 12.3. The summed E-state index contributed by atoms with van der Waals surface area (Å²) >= 11 is 0. The van der Waals surface area contributed by atoms with E-state index >= 15 is 0 Å². The number of pyridine rings is 1. The van der Waals surface area contributed by atoms with Gasteiger partial charge < -0.3 is 26.4 Å². The molecule has 1 aliphatic heterocycles. The first-order chi connectivity index (χ1) is 17.5. The lowest BCUT2D eigenvalue weighted by Gasteiger charge is -2.41. The number of rotatable bonds is 7. The molecule has 1 fully saturated rings. The molecule has 0 saturated carbocycles. The lowest BCUT2D eigenvalue weighted by molar-refractivity contribution is -0.149. The highest BCUT2D eigenvalue weighted by molar-refractivity contribution is 6.02. The number of fused-ring (bicyclic) bond motifs is 1. The molecule has 0 aliphatic carbocycles. The topological polar surface area (TPSA) is 155 Å². The van der Waals surface area contributed by atoms with Crippen molar-refractivity contribution in [1.82, 2.24) is 24.8 Å². The van der Waals surface area contributed by atoms with E-state index in [0.29, 0.717) is 36.4 Å². The number of hydrogen-bond acceptors (Lipinski definition) is 7. The van der Waals surface area contributed by atoms with Crippen molar-refractivity contribution in [2.75, 3.05) is 25.5 Å². The zero-order valence-electron chi connectivity index (χ0n) is 21.5. The summed E-state index contributed by atoms with van der Waals surface area (Å²) in [5.74, 6) is -1.06. The molecule has 196 valence electrons. The highest BCUT2D eigenvalue weighted by atomic mass is 16.3. The highest BCUT2D eigenvalue weighted by Gasteiger charge is 2.36. The van der Waals surface area contributed by atoms with Crippen LogP contribution in [-0.4, -0.2) is 74.1 Å². The highest BCUT2D eigenvalue weighted by Crippen LogP contribution is 2.32. The standard InChI is InChI=1S/C26H33N7O4/c1-5-15-13-32(25(36)26(2,3)37)9-8-19(15)31-22-18(23(27)34)12-30-33-14-17(10-21(22)33)16-6-7-20(29-11-16)24(35)28-4/h6-7,10-12,14-15,19,31,37H,5,8-9,13H2,1-4H3,(H2,27,34)(H,28,35)/t15-,19-/m1/s1. The van der Waals surface area contributed by atoms with Crippen molar-refractivity contribution in [2.45, 2.75) is 45.3 Å². The quantitative estimate of drug-likeness (QED) is 0.379. The van der Waals surface area contributed by atoms with E-state index < -0.39 is 11.5 Å². The second kappa shape index (κ2) is 10.2. The van der Waals surface area contributed by atoms with Crippen LogP contribution in [0.2, 0.25) is 0 Å². The predicted molar refractivity (Wildman–Crippen MR) is 139 cm³/mol. The number of piperidine rings is 1. The fourth-order valence-electron chi connectivity index (χ4n) is 4.77. The zero-order chi connectivity index (χ0) is 26.9. The number of nitrogens with two attached hydrogens (primary N) is 1. The Balaban J connectivity index is 1.66. The van der Waals surface area contributed by atoms with Crippen LogP contribution in [0.5, 0.6) is 0 Å². The van der Waals surface area contributed by atoms with Gasteiger partial charge in [-0.25, -0.2) is 4.52 Å². The van der Waals surface area contributed by atoms with Crippen LogP contribution < -0.4 is 16.4 Å². The molecule has 4 rings (SSSR count). The smallest absolute Gasteiger partial charge is 0.269 e. The van der Waals surface area contributed by atoms with Crippen molar-refractivity contribution in [3.63, 3.8) is 0 Å². The number of anilines is 1. The van der Waals surface area contributed by atoms with Crippen LogP contribution >= 0.6 is 0 Å². The first kappa shape index (κ1) is 26.1. The molecular weight excluding hydrogens is 474 g/mol. The third kappa shape index (κ3) is 5.26. The molecule has 37 heavy (non-hydrogen) atoms. The Kier molecular flexibility index (Phi) is 7.17. The van der Waals surface area contributed by atoms with Gasteiger partial charge in [-0.05, 0) is 44.7 Å². The van der Waals surface area contributed by atoms with Crippen LogP contribution in [0.15, 0.2) is 36.8 Å². The molecule has 3 aromatic rings. The molecule has 0 radical (unpaired) electrons. The number of nitrogens with zero attached hydrogens (tertiary/aromatic N) is 4. The number of aromatic nitrogens is 3. The van der Waals surface area contributed by atoms with Crippen LogP contribution in [0, 0.1) is 5.92 Å². The van der Waals surface area contributed by atoms with Gasteiger partial charge in [0.15, 0.2) is 0 Å². The fourth-order valence-corrected chi connectivity index (χ4v) is 4.77. The Hall–Kier alpha value is -3.99. The minimum absolute atomic E-state index is 0.0213. The Morgan fingerprint density at radius 3 is 2.57 bits per heavy atom. The Morgan fingerprint density at radius 2 is 1.97 bits per heavy atom. The molecule has 0 bridgehead atoms. The summed E-state index contributed by atoms with van der Waals surface area (Å²) in [5, 5.41) is 20.6. The van der Waals surface area contributed by atoms with Gasteiger partial charge in [0.25, 0.3) is 17.7 Å². The van der Waals surface area contributed by atoms with Crippen molar-refractivity contribution in [3.05, 3.63) is 48.0 Å². The van der Waals surface area contributed by atoms with Gasteiger partial charge in [0, 0.05) is 49.7 Å². The van der Waals surface area contributed by atoms with Gasteiger partial charge >= 0.3 is 0 Å². The molecule has 2 atom stereocenters. The minimum atomic E-state index is -1.43. The lowest BCUT2D eigenvalue weighted by atomic mass is 9.88. The van der Waals surface area contributed by atoms with E-state index in [4.69, 9.17) is 5.73 Å². The van der Waals surface area contributed by atoms with Crippen LogP contribution in [0.3, 0.4) is 0 Å². The monoisotopic (exact) mass is 507 g/mol. The van der Waals surface area contributed by atoms with E-state index in [2.05, 4.69) is 27.6 Å². The molecule has 11 nitrogen and oxygen atoms in total. The fraction of sp³-hybridized carbons (Fsp3) is 0.423. The van der Waals surface area contributed by atoms with Crippen molar-refractivity contribution >= 4 is 28.9 Å². The number of nitrogens with one attached hydrogen (secondary N) is 2. The van der Waals surface area contributed by atoms with Crippen molar-refractivity contribution < 1.29 is 19.5 Å². The van der Waals surface area contributed by atoms with Crippen molar-refractivity contribution in [2.24, 2.45) is 11.7 Å². The van der Waals surface area contributed by atoms with Crippen LogP contribution in [0.4, 0.5) is 5.69 Å². The number of amides is 3. The van der Waals surface area contributed by atoms with Crippen LogP contribution in [-0.2, 0) is 4.79 Å². The number of hydrogen-bond donors (Lipinski definition) is 4. The second-order valence-electron chi connectivity index (χ2n) is 9.89. The van der Waals surface area contributed by atoms with Crippen LogP contribution in [0.25, 0.3) is 16.6 Å². The SMILES string of the molecule is CC[C@@H]1CN(C(=O)C(C)(C)O)CC[C@H]1Nc1c(C(N)=O)cnn2cc(-c3ccc(C(=O)NC)nc3)cc12. The summed E-state index contributed by atoms with van der Waals surface area (Å²) < 4.78 is 1.67. The molecule has 0 aromatic carbocycles. The van der Waals surface area contributed by atoms with E-state index in [0.717, 1.165) is 17.5 Å². The molecule has 3 aromatic heterocycles. The number of primary amides is 1. The van der Waals surface area contributed by atoms with E-state index in [9.17, 15) is 19.5 Å². The van der Waals surface area contributed by atoms with Gasteiger partial charge in [-0.3, -0.25) is 19.4 Å². The molecular formula is C26H33N7O4. The molecule has 1 saturated heterocycles. The number of carbonyl (C=O) groups is 3. The van der Waals surface area contributed by atoms with Gasteiger partial charge in [-0.1, -0.05) is 13.0 Å². The lowest BCUT2D eigenvalue weighted by Crippen LogP contribution is -2.53. The van der Waals surface area contributed by atoms with E-state index in [1.54, 1.807) is 34.8 Å². The summed E-state index contributed by atoms with van der Waals surface area (Å²) in [7, 11) is 1.55. The van der Waals surface area contributed by atoms with Gasteiger partial charge in [0.05, 0.1) is 23.0 Å². The Bertz CT molecular complexity index is 1330. The number of likely N-dealkylation sites (tertiary alicyclic amines) is 1. The minimum Gasteiger partial charge on any atom is -0.381 e. The number of carbonyl (C=O) groups excluding carboxylic acids is 3. The first-order valence-corrected chi connectivity index (χ1v) is 12.3. The summed E-state index contributed by atoms with van der Waals surface area (Å²) in [5.41, 5.74) is 7.71. The van der Waals surface area contributed by atoms with Crippen LogP contribution in [0.1, 0.15) is 54.5 Å². The predicted octanol–water partition coefficient (Wildman–Crippen LogP) is 1.66. The summed E-state index contributed by atoms with van der Waals surface area (Å²) in [6.07, 6.45) is 6.33. The third-order valence-corrected chi connectivity index (χ3v) is 6.86. The van der Waals surface area contributed by atoms with Gasteiger partial charge in [-0.2, -0.15) is 5.10 Å². The average molecular weight is 508 g/mol. The van der Waals surface area contributed by atoms with E-state index in [1.807, 2.05) is 12.3 Å². The average Bonchev–Trinajstić information content (AvgIpc) is 3.32. The maximum absolute atomic E-state index is 12.6. The molecule has 0 spiro atoms. The molecule has 5 N–H and O–H groups in total. The summed E-state index contributed by atoms with van der Waals surface area (Å²) in [4.78, 5) is 42.7. The zero-order valence-corrected chi connectivity index (χ0v) is 21.5. The Labute approximate surface area is 215 Å². The normalized spacial score (nSPS) is 18.0. The maximum Gasteiger partial charge on any atom is 0.269 e. The Morgan fingerprint density at radius 1 is 1.22 bits per heavy atom. The molecule has 11 heteroatoms. The second-order valence-corrected chi connectivity index (χ2v) is 9.89. The summed E-state index contributed by atoms with van der Waals surface area (Å²) in [6, 6.07) is 5.32. The van der Waals surface area contributed by atoms with E-state index in [1.165, 1.54) is 20.0 Å². The number of aliphatic hydroxyl groups is 1. The third-order valence-electron chi connectivity index (χ3n) is 6.86. The molecule has 0 unspecified atom stereocenters. The van der Waals surface area contributed by atoms with Crippen molar-refractivity contribution in [3.8, 4) is 11.1 Å². The van der Waals surface area contributed by atoms with E-state index in [-0.39, 0.29) is 29.3 Å². The van der Waals surface area contributed by atoms with Crippen molar-refractivity contribution in [1.29, 1.82) is 0 Å². The molecule has 1 aliphatic rings. The van der Waals surface area contributed by atoms with Gasteiger partial charge in [-0.15, -0.1) is 0 Å². The maximum atomic E-state index is 12.6. The molecule has 3 amide bonds.